The van der Waals surface area contributed by atoms with Crippen molar-refractivity contribution >= 4 is 23.0 Å². The predicted molar refractivity (Wildman–Crippen MR) is 67.7 cm³/mol. The number of nitro groups is 1. The van der Waals surface area contributed by atoms with Crippen LogP contribution in [0, 0.1) is 10.1 Å². The van der Waals surface area contributed by atoms with Crippen LogP contribution in [0.2, 0.25) is 5.02 Å². The Morgan fingerprint density at radius 3 is 2.55 bits per heavy atom. The van der Waals surface area contributed by atoms with Crippen LogP contribution in [-0.4, -0.2) is 18.0 Å². The van der Waals surface area contributed by atoms with Crippen LogP contribution in [0.3, 0.4) is 0 Å². The Kier molecular flexibility index (Phi) is 4.05. The summed E-state index contributed by atoms with van der Waals surface area (Å²) in [6.45, 7) is 1.08. The number of nitrogens with one attached hydrogen (secondary N) is 1. The summed E-state index contributed by atoms with van der Waals surface area (Å²) in [5.74, 6) is 0. The second-order valence-electron chi connectivity index (χ2n) is 4.34. The summed E-state index contributed by atoms with van der Waals surface area (Å²) in [7, 11) is 0. The lowest BCUT2D eigenvalue weighted by atomic mass is 10.1. The van der Waals surface area contributed by atoms with Gasteiger partial charge in [-0.2, -0.15) is 13.2 Å². The molecule has 1 aromatic rings. The van der Waals surface area contributed by atoms with Gasteiger partial charge in [0, 0.05) is 19.2 Å². The quantitative estimate of drug-likeness (QED) is 0.672. The van der Waals surface area contributed by atoms with Crippen LogP contribution < -0.4 is 10.4 Å². The average molecular weight is 310 g/mol. The molecule has 1 aliphatic heterocycles. The number of alkyl halides is 3. The Bertz CT molecular complexity index is 530. The molecule has 110 valence electrons. The first kappa shape index (κ1) is 14.9. The molecule has 0 saturated carbocycles. The van der Waals surface area contributed by atoms with Crippen LogP contribution in [0.25, 0.3) is 0 Å². The molecule has 1 saturated heterocycles. The zero-order valence-electron chi connectivity index (χ0n) is 10.2. The maximum atomic E-state index is 12.7. The molecule has 2 rings (SSSR count). The van der Waals surface area contributed by atoms with E-state index in [1.807, 2.05) is 0 Å². The maximum absolute atomic E-state index is 12.7. The van der Waals surface area contributed by atoms with Gasteiger partial charge in [0.1, 0.15) is 5.69 Å². The van der Waals surface area contributed by atoms with Gasteiger partial charge in [0.05, 0.1) is 15.5 Å². The molecular weight excluding hydrogens is 299 g/mol. The largest absolute Gasteiger partial charge is 0.418 e. The minimum absolute atomic E-state index is 0.0488. The summed E-state index contributed by atoms with van der Waals surface area (Å²) in [5.41, 5.74) is 1.14. The Morgan fingerprint density at radius 2 is 2.05 bits per heavy atom. The molecule has 1 aliphatic rings. The first-order valence-corrected chi connectivity index (χ1v) is 6.24. The normalized spacial score (nSPS) is 16.3. The van der Waals surface area contributed by atoms with E-state index in [4.69, 9.17) is 11.6 Å². The molecule has 0 spiro atoms. The van der Waals surface area contributed by atoms with Crippen LogP contribution >= 0.6 is 11.6 Å². The molecule has 5 nitrogen and oxygen atoms in total. The molecule has 0 aromatic heterocycles. The molecule has 1 aromatic carbocycles. The zero-order valence-corrected chi connectivity index (χ0v) is 11.0. The number of halogens is 4. The Labute approximate surface area is 117 Å². The van der Waals surface area contributed by atoms with Crippen molar-refractivity contribution in [2.45, 2.75) is 19.0 Å². The van der Waals surface area contributed by atoms with Gasteiger partial charge in [-0.1, -0.05) is 11.6 Å². The average Bonchev–Trinajstić information content (AvgIpc) is 2.37. The highest BCUT2D eigenvalue weighted by molar-refractivity contribution is 6.31. The Morgan fingerprint density at radius 1 is 1.35 bits per heavy atom. The van der Waals surface area contributed by atoms with E-state index in [1.54, 1.807) is 0 Å². The van der Waals surface area contributed by atoms with Gasteiger partial charge in [-0.15, -0.1) is 0 Å². The highest BCUT2D eigenvalue weighted by Gasteiger charge is 2.37. The van der Waals surface area contributed by atoms with Crippen molar-refractivity contribution in [3.8, 4) is 0 Å². The second kappa shape index (κ2) is 5.45. The van der Waals surface area contributed by atoms with Crippen LogP contribution in [0.1, 0.15) is 18.4 Å². The second-order valence-corrected chi connectivity index (χ2v) is 4.75. The minimum Gasteiger partial charge on any atom is -0.302 e. The molecule has 1 heterocycles. The van der Waals surface area contributed by atoms with Crippen LogP contribution in [-0.2, 0) is 6.18 Å². The summed E-state index contributed by atoms with van der Waals surface area (Å²) in [5, 5.41) is 11.9. The molecule has 0 atom stereocenters. The summed E-state index contributed by atoms with van der Waals surface area (Å²) in [6.07, 6.45) is -3.03. The van der Waals surface area contributed by atoms with E-state index in [2.05, 4.69) is 5.43 Å². The lowest BCUT2D eigenvalue weighted by molar-refractivity contribution is -0.384. The SMILES string of the molecule is O=[N+]([O-])c1cc(C(F)(F)F)c(Cl)cc1N1CCCCN1. The van der Waals surface area contributed by atoms with E-state index in [-0.39, 0.29) is 5.69 Å². The van der Waals surface area contributed by atoms with Crippen molar-refractivity contribution in [2.75, 3.05) is 18.1 Å². The number of benzene rings is 1. The molecule has 1 N–H and O–H groups in total. The van der Waals surface area contributed by atoms with Crippen molar-refractivity contribution in [1.82, 2.24) is 5.43 Å². The van der Waals surface area contributed by atoms with Gasteiger partial charge in [0.2, 0.25) is 0 Å². The van der Waals surface area contributed by atoms with E-state index in [1.165, 1.54) is 5.01 Å². The smallest absolute Gasteiger partial charge is 0.302 e. The highest BCUT2D eigenvalue weighted by Crippen LogP contribution is 2.41. The third kappa shape index (κ3) is 2.96. The summed E-state index contributed by atoms with van der Waals surface area (Å²) >= 11 is 5.61. The van der Waals surface area contributed by atoms with E-state index in [9.17, 15) is 23.3 Å². The first-order valence-electron chi connectivity index (χ1n) is 5.87. The maximum Gasteiger partial charge on any atom is 0.418 e. The van der Waals surface area contributed by atoms with Crippen LogP contribution in [0.5, 0.6) is 0 Å². The van der Waals surface area contributed by atoms with E-state index < -0.39 is 27.4 Å². The van der Waals surface area contributed by atoms with Gasteiger partial charge in [-0.3, -0.25) is 10.1 Å². The van der Waals surface area contributed by atoms with Crippen molar-refractivity contribution in [2.24, 2.45) is 0 Å². The standard InChI is InChI=1S/C11H11ClF3N3O2/c12-8-6-9(17-4-2-1-3-16-17)10(18(19)20)5-7(8)11(13,14)15/h5-6,16H,1-4H2. The van der Waals surface area contributed by atoms with Crippen molar-refractivity contribution in [1.29, 1.82) is 0 Å². The van der Waals surface area contributed by atoms with Gasteiger partial charge in [0.15, 0.2) is 0 Å². The fourth-order valence-corrected chi connectivity index (χ4v) is 2.29. The van der Waals surface area contributed by atoms with E-state index in [0.29, 0.717) is 19.2 Å². The first-order chi connectivity index (χ1) is 9.30. The number of nitrogens with zero attached hydrogens (tertiary/aromatic N) is 2. The van der Waals surface area contributed by atoms with Crippen LogP contribution in [0.4, 0.5) is 24.5 Å². The van der Waals surface area contributed by atoms with Gasteiger partial charge in [-0.25, -0.2) is 5.43 Å². The molecule has 9 heteroatoms. The Hall–Kier alpha value is -1.54. The number of hydrazine groups is 1. The van der Waals surface area contributed by atoms with Gasteiger partial charge >= 0.3 is 6.18 Å². The zero-order chi connectivity index (χ0) is 14.9. The number of anilines is 1. The van der Waals surface area contributed by atoms with Crippen molar-refractivity contribution in [3.05, 3.63) is 32.8 Å². The van der Waals surface area contributed by atoms with Gasteiger partial charge < -0.3 is 5.01 Å². The third-order valence-electron chi connectivity index (χ3n) is 2.97. The number of hydrogen-bond donors (Lipinski definition) is 1. The molecule has 0 bridgehead atoms. The molecular formula is C11H11ClF3N3O2. The van der Waals surface area contributed by atoms with E-state index >= 15 is 0 Å². The van der Waals surface area contributed by atoms with Gasteiger partial charge in [0.25, 0.3) is 5.69 Å². The summed E-state index contributed by atoms with van der Waals surface area (Å²) in [4.78, 5) is 10.2. The lowest BCUT2D eigenvalue weighted by Crippen LogP contribution is -2.43. The lowest BCUT2D eigenvalue weighted by Gasteiger charge is -2.29. The third-order valence-corrected chi connectivity index (χ3v) is 3.28. The number of hydrogen-bond acceptors (Lipinski definition) is 4. The highest BCUT2D eigenvalue weighted by atomic mass is 35.5. The summed E-state index contributed by atoms with van der Waals surface area (Å²) in [6, 6.07) is 1.47. The number of nitro benzene ring substituents is 1. The molecule has 1 fully saturated rings. The Balaban J connectivity index is 2.51. The molecule has 20 heavy (non-hydrogen) atoms. The predicted octanol–water partition coefficient (Wildman–Crippen LogP) is 3.37. The van der Waals surface area contributed by atoms with Crippen LogP contribution in [0.15, 0.2) is 12.1 Å². The van der Waals surface area contributed by atoms with Crippen molar-refractivity contribution < 1.29 is 18.1 Å². The van der Waals surface area contributed by atoms with Gasteiger partial charge in [-0.05, 0) is 18.9 Å². The number of rotatable bonds is 2. The molecule has 0 aliphatic carbocycles. The fraction of sp³-hybridized carbons (Fsp3) is 0.455. The van der Waals surface area contributed by atoms with E-state index in [0.717, 1.165) is 18.9 Å². The molecule has 0 amide bonds. The topological polar surface area (TPSA) is 58.4 Å². The molecule has 0 radical (unpaired) electrons. The fourth-order valence-electron chi connectivity index (χ4n) is 2.02. The summed E-state index contributed by atoms with van der Waals surface area (Å²) < 4.78 is 38.2. The van der Waals surface area contributed by atoms with Crippen molar-refractivity contribution in [3.63, 3.8) is 0 Å². The molecule has 0 unspecified atom stereocenters. The monoisotopic (exact) mass is 309 g/mol. The minimum atomic E-state index is -4.73.